The number of carbonyl (C=O) groups is 2. The summed E-state index contributed by atoms with van der Waals surface area (Å²) in [5.74, 6) is 2.11. The average molecular weight is 487 g/mol. The highest BCUT2D eigenvalue weighted by atomic mass is 32.2. The van der Waals surface area contributed by atoms with E-state index in [-0.39, 0.29) is 28.7 Å². The Kier molecular flexibility index (Phi) is 6.39. The standard InChI is InChI=1S/C25H34N4O4S/c30-23(16-27-24(31)25-13-17-9-18(14-25)11-19(10-17)15-25)28-20-5-4-6-21(12-20)34(32,33)29-22-7-2-1-3-8-26-22/h4-6,12,17-19H,1-3,7-11,13-16H2,(H,26,29)(H,27,31)(H,28,30). The van der Waals surface area contributed by atoms with Crippen LogP contribution >= 0.6 is 0 Å². The minimum atomic E-state index is -3.79. The van der Waals surface area contributed by atoms with Crippen molar-refractivity contribution in [1.82, 2.24) is 10.0 Å². The lowest BCUT2D eigenvalue weighted by Crippen LogP contribution is -2.54. The molecular formula is C25H34N4O4S. The van der Waals surface area contributed by atoms with Gasteiger partial charge in [-0.05, 0) is 87.3 Å². The lowest BCUT2D eigenvalue weighted by Gasteiger charge is -2.55. The third kappa shape index (κ3) is 4.99. The molecule has 184 valence electrons. The molecule has 6 rings (SSSR count). The zero-order valence-electron chi connectivity index (χ0n) is 19.5. The summed E-state index contributed by atoms with van der Waals surface area (Å²) in [7, 11) is -3.79. The summed E-state index contributed by atoms with van der Waals surface area (Å²) in [5.41, 5.74) is 0.0785. The van der Waals surface area contributed by atoms with Crippen LogP contribution in [-0.4, -0.2) is 39.2 Å². The topological polar surface area (TPSA) is 117 Å². The van der Waals surface area contributed by atoms with Gasteiger partial charge in [0.1, 0.15) is 5.84 Å². The van der Waals surface area contributed by atoms with Crippen LogP contribution in [0.3, 0.4) is 0 Å². The molecule has 4 bridgehead atoms. The number of amides is 2. The Morgan fingerprint density at radius 1 is 1.00 bits per heavy atom. The van der Waals surface area contributed by atoms with Crippen molar-refractivity contribution in [2.45, 2.75) is 69.1 Å². The lowest BCUT2D eigenvalue weighted by atomic mass is 9.49. The molecule has 5 aliphatic rings. The molecule has 0 atom stereocenters. The van der Waals surface area contributed by atoms with Crippen molar-refractivity contribution in [2.24, 2.45) is 28.2 Å². The fourth-order valence-corrected chi connectivity index (χ4v) is 7.99. The maximum atomic E-state index is 13.1. The third-order valence-electron chi connectivity index (χ3n) is 7.98. The molecule has 0 unspecified atom stereocenters. The molecule has 0 radical (unpaired) electrons. The average Bonchev–Trinajstić information content (AvgIpc) is 3.05. The first kappa shape index (κ1) is 23.3. The maximum Gasteiger partial charge on any atom is 0.262 e. The van der Waals surface area contributed by atoms with Crippen molar-refractivity contribution in [3.8, 4) is 0 Å². The van der Waals surface area contributed by atoms with Gasteiger partial charge in [0.25, 0.3) is 10.0 Å². The number of anilines is 1. The van der Waals surface area contributed by atoms with E-state index in [0.717, 1.165) is 38.5 Å². The van der Waals surface area contributed by atoms with Crippen molar-refractivity contribution in [1.29, 1.82) is 0 Å². The molecule has 2 amide bonds. The highest BCUT2D eigenvalue weighted by Crippen LogP contribution is 2.60. The van der Waals surface area contributed by atoms with E-state index in [2.05, 4.69) is 20.3 Å². The molecule has 1 aromatic carbocycles. The summed E-state index contributed by atoms with van der Waals surface area (Å²) >= 11 is 0. The van der Waals surface area contributed by atoms with Crippen molar-refractivity contribution in [3.05, 3.63) is 24.3 Å². The smallest absolute Gasteiger partial charge is 0.262 e. The van der Waals surface area contributed by atoms with Gasteiger partial charge in [0.05, 0.1) is 11.4 Å². The van der Waals surface area contributed by atoms with Crippen LogP contribution in [0.25, 0.3) is 0 Å². The molecule has 1 aromatic rings. The largest absolute Gasteiger partial charge is 0.347 e. The second kappa shape index (κ2) is 9.32. The number of nitrogens with one attached hydrogen (secondary N) is 3. The Morgan fingerprint density at radius 2 is 1.71 bits per heavy atom. The number of nitrogens with zero attached hydrogens (tertiary/aromatic N) is 1. The van der Waals surface area contributed by atoms with E-state index in [1.165, 1.54) is 31.4 Å². The van der Waals surface area contributed by atoms with Crippen LogP contribution in [0.1, 0.15) is 64.2 Å². The fraction of sp³-hybridized carbons (Fsp3) is 0.640. The van der Waals surface area contributed by atoms with Crippen LogP contribution in [0.15, 0.2) is 34.2 Å². The lowest BCUT2D eigenvalue weighted by molar-refractivity contribution is -0.146. The number of carbonyl (C=O) groups excluding carboxylic acids is 2. The van der Waals surface area contributed by atoms with Crippen molar-refractivity contribution in [2.75, 3.05) is 18.4 Å². The Bertz CT molecular complexity index is 1060. The molecule has 9 heteroatoms. The Morgan fingerprint density at radius 3 is 2.41 bits per heavy atom. The van der Waals surface area contributed by atoms with Crippen LogP contribution in [0.4, 0.5) is 5.69 Å². The van der Waals surface area contributed by atoms with Gasteiger partial charge < -0.3 is 10.6 Å². The SMILES string of the molecule is O=C(CNC(=O)C12CC3CC(CC(C3)C1)C2)Nc1cccc(S(=O)(=O)NC2=NCCCCC2)c1. The Labute approximate surface area is 201 Å². The molecule has 4 aliphatic carbocycles. The van der Waals surface area contributed by atoms with E-state index < -0.39 is 10.0 Å². The van der Waals surface area contributed by atoms with E-state index in [1.54, 1.807) is 12.1 Å². The third-order valence-corrected chi connectivity index (χ3v) is 9.36. The Balaban J connectivity index is 1.17. The van der Waals surface area contributed by atoms with E-state index in [0.29, 0.717) is 42.2 Å². The molecule has 4 fully saturated rings. The van der Waals surface area contributed by atoms with Gasteiger partial charge in [0.2, 0.25) is 11.8 Å². The van der Waals surface area contributed by atoms with Crippen LogP contribution in [-0.2, 0) is 19.6 Å². The number of hydrogen-bond acceptors (Lipinski definition) is 5. The van der Waals surface area contributed by atoms with Gasteiger partial charge in [0, 0.05) is 24.1 Å². The molecule has 0 aromatic heterocycles. The van der Waals surface area contributed by atoms with E-state index >= 15 is 0 Å². The van der Waals surface area contributed by atoms with Crippen LogP contribution < -0.4 is 15.4 Å². The van der Waals surface area contributed by atoms with Crippen LogP contribution in [0.5, 0.6) is 0 Å². The molecule has 0 saturated heterocycles. The van der Waals surface area contributed by atoms with Gasteiger partial charge in [0.15, 0.2) is 0 Å². The van der Waals surface area contributed by atoms with E-state index in [4.69, 9.17) is 0 Å². The number of aliphatic imine (C=N–C) groups is 1. The number of rotatable bonds is 6. The number of sulfonamides is 1. The van der Waals surface area contributed by atoms with Crippen LogP contribution in [0, 0.1) is 23.2 Å². The number of amidine groups is 1. The quantitative estimate of drug-likeness (QED) is 0.572. The molecule has 1 heterocycles. The van der Waals surface area contributed by atoms with Gasteiger partial charge >= 0.3 is 0 Å². The monoisotopic (exact) mass is 486 g/mol. The van der Waals surface area contributed by atoms with Gasteiger partial charge in [-0.25, -0.2) is 8.42 Å². The molecule has 3 N–H and O–H groups in total. The predicted octanol–water partition coefficient (Wildman–Crippen LogP) is 3.21. The minimum Gasteiger partial charge on any atom is -0.347 e. The molecule has 34 heavy (non-hydrogen) atoms. The Hall–Kier alpha value is -2.42. The first-order valence-corrected chi connectivity index (χ1v) is 14.0. The maximum absolute atomic E-state index is 13.1. The molecule has 0 spiro atoms. The zero-order chi connectivity index (χ0) is 23.8. The summed E-state index contributed by atoms with van der Waals surface area (Å²) in [4.78, 5) is 30.0. The highest BCUT2D eigenvalue weighted by Gasteiger charge is 2.54. The van der Waals surface area contributed by atoms with E-state index in [1.807, 2.05) is 0 Å². The van der Waals surface area contributed by atoms with Crippen LogP contribution in [0.2, 0.25) is 0 Å². The van der Waals surface area contributed by atoms with E-state index in [9.17, 15) is 18.0 Å². The highest BCUT2D eigenvalue weighted by molar-refractivity contribution is 7.90. The second-order valence-electron chi connectivity index (χ2n) is 10.7. The predicted molar refractivity (Wildman–Crippen MR) is 130 cm³/mol. The fourth-order valence-electron chi connectivity index (χ4n) is 6.85. The van der Waals surface area contributed by atoms with Gasteiger partial charge in [-0.3, -0.25) is 19.3 Å². The molecular weight excluding hydrogens is 452 g/mol. The van der Waals surface area contributed by atoms with Gasteiger partial charge in [-0.15, -0.1) is 0 Å². The van der Waals surface area contributed by atoms with Gasteiger partial charge in [-0.1, -0.05) is 12.5 Å². The van der Waals surface area contributed by atoms with Gasteiger partial charge in [-0.2, -0.15) is 0 Å². The zero-order valence-corrected chi connectivity index (χ0v) is 20.3. The summed E-state index contributed by atoms with van der Waals surface area (Å²) in [6, 6.07) is 6.15. The number of hydrogen-bond donors (Lipinski definition) is 3. The summed E-state index contributed by atoms with van der Waals surface area (Å²) < 4.78 is 28.2. The summed E-state index contributed by atoms with van der Waals surface area (Å²) in [6.45, 7) is 0.509. The normalized spacial score (nSPS) is 30.2. The van der Waals surface area contributed by atoms with Crippen molar-refractivity contribution < 1.29 is 18.0 Å². The minimum absolute atomic E-state index is 0.00598. The molecule has 4 saturated carbocycles. The number of benzene rings is 1. The second-order valence-corrected chi connectivity index (χ2v) is 12.4. The first-order chi connectivity index (χ1) is 16.3. The van der Waals surface area contributed by atoms with Crippen molar-refractivity contribution >= 4 is 33.4 Å². The molecule has 1 aliphatic heterocycles. The first-order valence-electron chi connectivity index (χ1n) is 12.6. The summed E-state index contributed by atoms with van der Waals surface area (Å²) in [6.07, 6.45) is 10.1. The molecule has 8 nitrogen and oxygen atoms in total. The van der Waals surface area contributed by atoms with Crippen molar-refractivity contribution in [3.63, 3.8) is 0 Å². The summed E-state index contributed by atoms with van der Waals surface area (Å²) in [5, 5.41) is 5.59.